The molecule has 0 aliphatic carbocycles. The molecule has 0 saturated carbocycles. The van der Waals surface area contributed by atoms with Gasteiger partial charge in [0.25, 0.3) is 5.56 Å². The van der Waals surface area contributed by atoms with Gasteiger partial charge in [0.15, 0.2) is 5.65 Å². The molecule has 0 unspecified atom stereocenters. The van der Waals surface area contributed by atoms with E-state index in [1.165, 1.54) is 10.1 Å². The predicted octanol–water partition coefficient (Wildman–Crippen LogP) is 1.72. The number of rotatable bonds is 4. The highest BCUT2D eigenvalue weighted by molar-refractivity contribution is 5.80. The van der Waals surface area contributed by atoms with E-state index in [0.717, 1.165) is 37.3 Å². The number of amides is 1. The highest BCUT2D eigenvalue weighted by Gasteiger charge is 2.40. The number of H-pyrrole nitrogens is 1. The Morgan fingerprint density at radius 1 is 1.26 bits per heavy atom. The Kier molecular flexibility index (Phi) is 4.63. The summed E-state index contributed by atoms with van der Waals surface area (Å²) in [6.45, 7) is 8.93. The Balaban J connectivity index is 1.55. The van der Waals surface area contributed by atoms with Gasteiger partial charge in [0.2, 0.25) is 5.91 Å². The van der Waals surface area contributed by atoms with E-state index < -0.39 is 0 Å². The maximum absolute atomic E-state index is 12.8. The van der Waals surface area contributed by atoms with Crippen molar-refractivity contribution in [2.75, 3.05) is 19.6 Å². The molecule has 5 heterocycles. The van der Waals surface area contributed by atoms with Gasteiger partial charge in [0.05, 0.1) is 11.6 Å². The normalized spacial score (nSPS) is 23.1. The van der Waals surface area contributed by atoms with E-state index in [2.05, 4.69) is 34.9 Å². The first-order valence-corrected chi connectivity index (χ1v) is 9.65. The van der Waals surface area contributed by atoms with Gasteiger partial charge < -0.3 is 4.90 Å². The van der Waals surface area contributed by atoms with Crippen molar-refractivity contribution in [1.29, 1.82) is 0 Å². The van der Waals surface area contributed by atoms with Gasteiger partial charge in [-0.2, -0.15) is 0 Å². The molecule has 2 bridgehead atoms. The average Bonchev–Trinajstić information content (AvgIpc) is 2.79. The molecule has 7 heteroatoms. The topological polar surface area (TPSA) is 73.7 Å². The number of carbonyl (C=O) groups is 1. The Morgan fingerprint density at radius 3 is 2.85 bits per heavy atom. The Hall–Kier alpha value is -2.41. The second-order valence-electron chi connectivity index (χ2n) is 8.11. The highest BCUT2D eigenvalue weighted by Crippen LogP contribution is 2.29. The van der Waals surface area contributed by atoms with E-state index in [1.807, 2.05) is 17.9 Å². The largest absolute Gasteiger partial charge is 0.334 e. The number of allylic oxidation sites excluding steroid dienone is 1. The number of hydrogen-bond acceptors (Lipinski definition) is 4. The molecule has 0 radical (unpaired) electrons. The van der Waals surface area contributed by atoms with Crippen molar-refractivity contribution in [1.82, 2.24) is 24.4 Å². The van der Waals surface area contributed by atoms with Gasteiger partial charge in [0, 0.05) is 50.0 Å². The zero-order valence-corrected chi connectivity index (χ0v) is 16.2. The van der Waals surface area contributed by atoms with E-state index in [1.54, 1.807) is 6.07 Å². The Labute approximate surface area is 158 Å². The van der Waals surface area contributed by atoms with Gasteiger partial charge in [0.1, 0.15) is 0 Å². The summed E-state index contributed by atoms with van der Waals surface area (Å²) in [6.07, 6.45) is 4.14. The van der Waals surface area contributed by atoms with Gasteiger partial charge in [-0.15, -0.1) is 0 Å². The number of aromatic nitrogens is 3. The molecule has 3 aliphatic rings. The van der Waals surface area contributed by atoms with Crippen molar-refractivity contribution >= 4 is 11.6 Å². The SMILES string of the molecule is CC(C)=CCN1C(=O)[C@H]2CC[C@@H]1CN(Cc1cc(=O)n3[nH]c(C)cc3n1)C2. The molecule has 5 rings (SSSR count). The summed E-state index contributed by atoms with van der Waals surface area (Å²) < 4.78 is 1.47. The summed E-state index contributed by atoms with van der Waals surface area (Å²) in [5.74, 6) is 0.324. The molecule has 3 fully saturated rings. The fourth-order valence-electron chi connectivity index (χ4n) is 4.25. The zero-order chi connectivity index (χ0) is 19.1. The summed E-state index contributed by atoms with van der Waals surface area (Å²) in [4.78, 5) is 34.1. The van der Waals surface area contributed by atoms with Crippen LogP contribution >= 0.6 is 0 Å². The lowest BCUT2D eigenvalue weighted by Crippen LogP contribution is -2.47. The maximum atomic E-state index is 12.8. The molecule has 2 aromatic heterocycles. The molecule has 3 aliphatic heterocycles. The Morgan fingerprint density at radius 2 is 2.07 bits per heavy atom. The maximum Gasteiger partial charge on any atom is 0.272 e. The molecular formula is C20H27N5O2. The first-order chi connectivity index (χ1) is 12.9. The van der Waals surface area contributed by atoms with Gasteiger partial charge in [-0.25, -0.2) is 9.50 Å². The summed E-state index contributed by atoms with van der Waals surface area (Å²) in [5, 5.41) is 3.00. The third kappa shape index (κ3) is 3.56. The van der Waals surface area contributed by atoms with Gasteiger partial charge >= 0.3 is 0 Å². The highest BCUT2D eigenvalue weighted by atomic mass is 16.2. The third-order valence-corrected chi connectivity index (χ3v) is 5.58. The van der Waals surface area contributed by atoms with Crippen LogP contribution < -0.4 is 5.56 Å². The van der Waals surface area contributed by atoms with E-state index in [-0.39, 0.29) is 23.4 Å². The molecule has 1 amide bonds. The Bertz CT molecular complexity index is 953. The van der Waals surface area contributed by atoms with Crippen molar-refractivity contribution in [3.63, 3.8) is 0 Å². The standard InChI is InChI=1S/C20H27N5O2/c1-13(2)6-7-24-17-5-4-15(20(24)27)10-23(12-17)11-16-9-19(26)25-18(21-16)8-14(3)22-25/h6,8-9,15,17,22H,4-5,7,10-12H2,1-3H3/t15-,17+/m0/s1. The van der Waals surface area contributed by atoms with Crippen LogP contribution in [0.25, 0.3) is 5.65 Å². The number of aryl methyl sites for hydroxylation is 1. The molecule has 0 aromatic carbocycles. The number of nitrogens with zero attached hydrogens (tertiary/aromatic N) is 4. The predicted molar refractivity (Wildman–Crippen MR) is 103 cm³/mol. The number of piperidine rings is 1. The van der Waals surface area contributed by atoms with Crippen LogP contribution in [0.5, 0.6) is 0 Å². The third-order valence-electron chi connectivity index (χ3n) is 5.58. The minimum Gasteiger partial charge on any atom is -0.334 e. The fraction of sp³-hybridized carbons (Fsp3) is 0.550. The number of nitrogens with one attached hydrogen (secondary N) is 1. The molecule has 2 atom stereocenters. The lowest BCUT2D eigenvalue weighted by atomic mass is 9.94. The molecule has 1 N–H and O–H groups in total. The lowest BCUT2D eigenvalue weighted by molar-refractivity contribution is -0.139. The summed E-state index contributed by atoms with van der Waals surface area (Å²) in [6, 6.07) is 3.71. The van der Waals surface area contributed by atoms with Gasteiger partial charge in [-0.3, -0.25) is 19.6 Å². The minimum absolute atomic E-state index is 0.0497. The van der Waals surface area contributed by atoms with Crippen molar-refractivity contribution in [3.8, 4) is 0 Å². The van der Waals surface area contributed by atoms with E-state index in [0.29, 0.717) is 18.7 Å². The summed E-state index contributed by atoms with van der Waals surface area (Å²) in [5.41, 5.74) is 3.46. The molecule has 3 saturated heterocycles. The van der Waals surface area contributed by atoms with Crippen molar-refractivity contribution in [3.05, 3.63) is 45.5 Å². The molecule has 2 aromatic rings. The first kappa shape index (κ1) is 18.0. The van der Waals surface area contributed by atoms with Crippen LogP contribution in [-0.4, -0.2) is 56.0 Å². The summed E-state index contributed by atoms with van der Waals surface area (Å²) >= 11 is 0. The second-order valence-corrected chi connectivity index (χ2v) is 8.11. The van der Waals surface area contributed by atoms with Crippen molar-refractivity contribution < 1.29 is 4.79 Å². The molecule has 7 nitrogen and oxygen atoms in total. The van der Waals surface area contributed by atoms with Crippen LogP contribution in [0.1, 0.15) is 38.1 Å². The molecular weight excluding hydrogens is 342 g/mol. The average molecular weight is 369 g/mol. The summed E-state index contributed by atoms with van der Waals surface area (Å²) in [7, 11) is 0. The van der Waals surface area contributed by atoms with E-state index in [4.69, 9.17) is 0 Å². The quantitative estimate of drug-likeness (QED) is 0.833. The van der Waals surface area contributed by atoms with Gasteiger partial charge in [-0.05, 0) is 33.6 Å². The number of fused-ring (bicyclic) bond motifs is 5. The smallest absolute Gasteiger partial charge is 0.272 e. The monoisotopic (exact) mass is 369 g/mol. The minimum atomic E-state index is -0.0952. The van der Waals surface area contributed by atoms with Crippen LogP contribution in [0.15, 0.2) is 28.6 Å². The van der Waals surface area contributed by atoms with Crippen LogP contribution in [-0.2, 0) is 11.3 Å². The number of aromatic amines is 1. The molecule has 144 valence electrons. The van der Waals surface area contributed by atoms with E-state index >= 15 is 0 Å². The van der Waals surface area contributed by atoms with Crippen LogP contribution in [0, 0.1) is 12.8 Å². The second kappa shape index (κ2) is 6.96. The molecule has 27 heavy (non-hydrogen) atoms. The van der Waals surface area contributed by atoms with Crippen LogP contribution in [0.4, 0.5) is 0 Å². The van der Waals surface area contributed by atoms with Crippen LogP contribution in [0.2, 0.25) is 0 Å². The molecule has 0 spiro atoms. The van der Waals surface area contributed by atoms with Crippen molar-refractivity contribution in [2.45, 2.75) is 46.2 Å². The zero-order valence-electron chi connectivity index (χ0n) is 16.2. The van der Waals surface area contributed by atoms with Gasteiger partial charge in [-0.1, -0.05) is 11.6 Å². The van der Waals surface area contributed by atoms with Crippen LogP contribution in [0.3, 0.4) is 0 Å². The van der Waals surface area contributed by atoms with Crippen molar-refractivity contribution in [2.24, 2.45) is 5.92 Å². The number of carbonyl (C=O) groups excluding carboxylic acids is 1. The first-order valence-electron chi connectivity index (χ1n) is 9.65. The lowest BCUT2D eigenvalue weighted by Gasteiger charge is -2.35. The van der Waals surface area contributed by atoms with E-state index in [9.17, 15) is 9.59 Å². The fourth-order valence-corrected chi connectivity index (χ4v) is 4.25. The number of hydrogen-bond donors (Lipinski definition) is 1.